The maximum Gasteiger partial charge on any atom is 0.101 e. The van der Waals surface area contributed by atoms with Crippen LogP contribution in [0.15, 0.2) is 152 Å². The number of aromatic nitrogens is 2. The van der Waals surface area contributed by atoms with E-state index < -0.39 is 0 Å². The van der Waals surface area contributed by atoms with Crippen LogP contribution in [0.4, 0.5) is 0 Å². The van der Waals surface area contributed by atoms with Crippen LogP contribution < -0.4 is 5.32 Å². The lowest BCUT2D eigenvalue weighted by Crippen LogP contribution is -1.99. The highest BCUT2D eigenvalue weighted by atomic mass is 15.1. The third-order valence-electron chi connectivity index (χ3n) is 10.4. The standard InChI is InChI=1S/C46H29N5/c47-26-33-8-7-12-38-36-10-2-6-15-44(36)51(46(33)38)42-13-4-1-9-35(42)30-18-16-29(17-19-30)31-20-22-41(34(24-31)27-48)50-43-14-5-3-11-37(43)39-25-32(40-28-49-40)21-23-45(39)50/h1-25,40,49H,28H2. The summed E-state index contributed by atoms with van der Waals surface area (Å²) in [5, 5.41) is 28.6. The van der Waals surface area contributed by atoms with E-state index in [9.17, 15) is 10.5 Å². The molecule has 238 valence electrons. The van der Waals surface area contributed by atoms with E-state index in [0.717, 1.165) is 73.0 Å². The van der Waals surface area contributed by atoms with E-state index in [1.165, 1.54) is 16.3 Å². The first-order valence-electron chi connectivity index (χ1n) is 17.2. The van der Waals surface area contributed by atoms with Gasteiger partial charge in [0.25, 0.3) is 0 Å². The fourth-order valence-electron chi connectivity index (χ4n) is 7.88. The molecule has 3 heterocycles. The van der Waals surface area contributed by atoms with Crippen molar-refractivity contribution in [3.8, 4) is 45.8 Å². The van der Waals surface area contributed by atoms with Gasteiger partial charge in [-0.1, -0.05) is 103 Å². The summed E-state index contributed by atoms with van der Waals surface area (Å²) in [6, 6.07) is 57.9. The lowest BCUT2D eigenvalue weighted by Gasteiger charge is -2.15. The zero-order valence-corrected chi connectivity index (χ0v) is 27.5. The van der Waals surface area contributed by atoms with Gasteiger partial charge in [-0.3, -0.25) is 0 Å². The topological polar surface area (TPSA) is 79.4 Å². The lowest BCUT2D eigenvalue weighted by atomic mass is 9.97. The second-order valence-corrected chi connectivity index (χ2v) is 13.2. The van der Waals surface area contributed by atoms with Gasteiger partial charge in [-0.25, -0.2) is 0 Å². The average molecular weight is 652 g/mol. The van der Waals surface area contributed by atoms with E-state index in [0.29, 0.717) is 17.2 Å². The second kappa shape index (κ2) is 11.3. The van der Waals surface area contributed by atoms with Gasteiger partial charge >= 0.3 is 0 Å². The molecule has 5 nitrogen and oxygen atoms in total. The van der Waals surface area contributed by atoms with Gasteiger partial charge in [0.2, 0.25) is 0 Å². The average Bonchev–Trinajstić information content (AvgIpc) is 3.93. The number of hydrogen-bond acceptors (Lipinski definition) is 3. The van der Waals surface area contributed by atoms with Crippen LogP contribution in [-0.4, -0.2) is 15.7 Å². The van der Waals surface area contributed by atoms with Crippen molar-refractivity contribution in [3.63, 3.8) is 0 Å². The Morgan fingerprint density at radius 2 is 1.12 bits per heavy atom. The quantitative estimate of drug-likeness (QED) is 0.188. The van der Waals surface area contributed by atoms with Gasteiger partial charge in [-0.05, 0) is 70.8 Å². The van der Waals surface area contributed by atoms with Crippen molar-refractivity contribution in [3.05, 3.63) is 168 Å². The third-order valence-corrected chi connectivity index (χ3v) is 10.4. The van der Waals surface area contributed by atoms with Crippen molar-refractivity contribution in [2.24, 2.45) is 0 Å². The Morgan fingerprint density at radius 3 is 1.88 bits per heavy atom. The summed E-state index contributed by atoms with van der Waals surface area (Å²) in [5.41, 5.74) is 12.8. The number of nitrogens with zero attached hydrogens (tertiary/aromatic N) is 4. The summed E-state index contributed by atoms with van der Waals surface area (Å²) < 4.78 is 4.45. The largest absolute Gasteiger partial charge is 0.308 e. The predicted molar refractivity (Wildman–Crippen MR) is 206 cm³/mol. The highest BCUT2D eigenvalue weighted by molar-refractivity contribution is 6.12. The molecule has 2 aromatic heterocycles. The first-order valence-corrected chi connectivity index (χ1v) is 17.2. The molecule has 1 aliphatic heterocycles. The zero-order valence-electron chi connectivity index (χ0n) is 27.5. The smallest absolute Gasteiger partial charge is 0.101 e. The Bertz CT molecular complexity index is 2940. The molecule has 0 bridgehead atoms. The fourth-order valence-corrected chi connectivity index (χ4v) is 7.88. The molecule has 1 saturated heterocycles. The van der Waals surface area contributed by atoms with Gasteiger partial charge in [0, 0.05) is 39.7 Å². The van der Waals surface area contributed by atoms with Gasteiger partial charge in [-0.15, -0.1) is 0 Å². The molecule has 10 rings (SSSR count). The number of hydrogen-bond donors (Lipinski definition) is 1. The predicted octanol–water partition coefficient (Wildman–Crippen LogP) is 10.6. The molecule has 7 aromatic carbocycles. The number of rotatable bonds is 5. The molecule has 9 aromatic rings. The molecule has 51 heavy (non-hydrogen) atoms. The molecule has 1 aliphatic rings. The molecule has 1 fully saturated rings. The molecule has 1 unspecified atom stereocenters. The lowest BCUT2D eigenvalue weighted by molar-refractivity contribution is 1.08. The number of benzene rings is 7. The van der Waals surface area contributed by atoms with E-state index in [2.05, 4.69) is 142 Å². The molecule has 0 amide bonds. The normalized spacial score (nSPS) is 13.9. The highest BCUT2D eigenvalue weighted by Crippen LogP contribution is 2.39. The van der Waals surface area contributed by atoms with Crippen LogP contribution in [0.25, 0.3) is 77.2 Å². The Labute approximate surface area is 294 Å². The van der Waals surface area contributed by atoms with Crippen LogP contribution in [-0.2, 0) is 0 Å². The molecule has 1 N–H and O–H groups in total. The van der Waals surface area contributed by atoms with Gasteiger partial charge in [0.05, 0.1) is 44.6 Å². The number of fused-ring (bicyclic) bond motifs is 6. The third kappa shape index (κ3) is 4.50. The van der Waals surface area contributed by atoms with E-state index >= 15 is 0 Å². The summed E-state index contributed by atoms with van der Waals surface area (Å²) >= 11 is 0. The summed E-state index contributed by atoms with van der Waals surface area (Å²) in [6.07, 6.45) is 0. The van der Waals surface area contributed by atoms with Crippen molar-refractivity contribution in [2.75, 3.05) is 6.54 Å². The van der Waals surface area contributed by atoms with Crippen LogP contribution in [0.3, 0.4) is 0 Å². The van der Waals surface area contributed by atoms with Crippen LogP contribution in [0, 0.1) is 22.7 Å². The molecule has 0 aliphatic carbocycles. The SMILES string of the molecule is N#Cc1cc(-c2ccc(-c3ccccc3-n3c4ccccc4c4cccc(C#N)c43)cc2)ccc1-n1c2ccccc2c2cc(C3CN3)ccc21. The molecule has 5 heteroatoms. The van der Waals surface area contributed by atoms with E-state index in [1.807, 2.05) is 36.4 Å². The van der Waals surface area contributed by atoms with Crippen molar-refractivity contribution < 1.29 is 0 Å². The maximum atomic E-state index is 10.5. The molecule has 0 radical (unpaired) electrons. The maximum absolute atomic E-state index is 10.5. The minimum Gasteiger partial charge on any atom is -0.308 e. The van der Waals surface area contributed by atoms with Crippen LogP contribution in [0.1, 0.15) is 22.7 Å². The Hall–Kier alpha value is -6.92. The van der Waals surface area contributed by atoms with Crippen LogP contribution in [0.5, 0.6) is 0 Å². The summed E-state index contributed by atoms with van der Waals surface area (Å²) in [5.74, 6) is 0. The summed E-state index contributed by atoms with van der Waals surface area (Å²) in [6.45, 7) is 1.02. The zero-order chi connectivity index (χ0) is 34.1. The minimum atomic E-state index is 0.426. The molecule has 0 spiro atoms. The number of nitriles is 2. The Kier molecular flexibility index (Phi) is 6.45. The first-order chi connectivity index (χ1) is 25.2. The molecular formula is C46H29N5. The fraction of sp³-hybridized carbons (Fsp3) is 0.0435. The van der Waals surface area contributed by atoms with Crippen LogP contribution in [0.2, 0.25) is 0 Å². The van der Waals surface area contributed by atoms with Crippen molar-refractivity contribution in [1.82, 2.24) is 14.5 Å². The van der Waals surface area contributed by atoms with E-state index in [-0.39, 0.29) is 0 Å². The second-order valence-electron chi connectivity index (χ2n) is 13.2. The molecular weight excluding hydrogens is 623 g/mol. The van der Waals surface area contributed by atoms with Gasteiger partial charge in [-0.2, -0.15) is 10.5 Å². The van der Waals surface area contributed by atoms with Gasteiger partial charge < -0.3 is 14.5 Å². The van der Waals surface area contributed by atoms with Gasteiger partial charge in [0.15, 0.2) is 0 Å². The molecule has 0 saturated carbocycles. The first kappa shape index (κ1) is 29.0. The summed E-state index contributed by atoms with van der Waals surface area (Å²) in [7, 11) is 0. The molecule has 1 atom stereocenters. The van der Waals surface area contributed by atoms with Crippen molar-refractivity contribution in [2.45, 2.75) is 6.04 Å². The van der Waals surface area contributed by atoms with Crippen LogP contribution >= 0.6 is 0 Å². The Balaban J connectivity index is 1.06. The number of nitrogens with one attached hydrogen (secondary N) is 1. The number of para-hydroxylation sites is 4. The highest BCUT2D eigenvalue weighted by Gasteiger charge is 2.24. The van der Waals surface area contributed by atoms with Crippen molar-refractivity contribution in [1.29, 1.82) is 10.5 Å². The van der Waals surface area contributed by atoms with E-state index in [1.54, 1.807) is 0 Å². The minimum absolute atomic E-state index is 0.426. The van der Waals surface area contributed by atoms with E-state index in [4.69, 9.17) is 0 Å². The monoisotopic (exact) mass is 651 g/mol. The Morgan fingerprint density at radius 1 is 0.490 bits per heavy atom. The van der Waals surface area contributed by atoms with Gasteiger partial charge in [0.1, 0.15) is 12.1 Å². The van der Waals surface area contributed by atoms with Crippen molar-refractivity contribution >= 4 is 43.6 Å². The summed E-state index contributed by atoms with van der Waals surface area (Å²) in [4.78, 5) is 0.